The van der Waals surface area contributed by atoms with E-state index in [4.69, 9.17) is 10.8 Å². The zero-order chi connectivity index (χ0) is 33.5. The number of terminal acetylenes is 1. The first kappa shape index (κ1) is 36.1. The van der Waals surface area contributed by atoms with Gasteiger partial charge in [0.2, 0.25) is 0 Å². The van der Waals surface area contributed by atoms with Crippen LogP contribution in [0.4, 0.5) is 11.4 Å². The predicted octanol–water partition coefficient (Wildman–Crippen LogP) is 5.95. The summed E-state index contributed by atoms with van der Waals surface area (Å²) in [5, 5.41) is 20.1. The molecule has 4 aromatic carbocycles. The van der Waals surface area contributed by atoms with Gasteiger partial charge in [0, 0.05) is 76.9 Å². The van der Waals surface area contributed by atoms with Crippen LogP contribution in [0, 0.1) is 79.8 Å². The minimum absolute atomic E-state index is 0.436. The van der Waals surface area contributed by atoms with Crippen molar-refractivity contribution in [3.63, 3.8) is 0 Å². The summed E-state index contributed by atoms with van der Waals surface area (Å²) in [7, 11) is 0. The van der Waals surface area contributed by atoms with E-state index in [2.05, 4.69) is 101 Å². The van der Waals surface area contributed by atoms with Gasteiger partial charge in [0.15, 0.2) is 5.94 Å². The maximum absolute atomic E-state index is 9.27. The Labute approximate surface area is 270 Å². The van der Waals surface area contributed by atoms with Gasteiger partial charge < -0.3 is 16.2 Å². The fourth-order valence-corrected chi connectivity index (χ4v) is 3.00. The van der Waals surface area contributed by atoms with Crippen molar-refractivity contribution in [1.29, 1.82) is 0 Å². The second kappa shape index (κ2) is 24.8. The zero-order valence-electron chi connectivity index (χ0n) is 24.3. The van der Waals surface area contributed by atoms with Crippen molar-refractivity contribution in [1.82, 2.24) is 10.2 Å². The molecule has 1 aromatic heterocycles. The summed E-state index contributed by atoms with van der Waals surface area (Å²) in [6.45, 7) is 4.68. The zero-order valence-corrected chi connectivity index (χ0v) is 24.3. The molecule has 0 amide bonds. The van der Waals surface area contributed by atoms with Gasteiger partial charge in [-0.2, -0.15) is 0 Å². The van der Waals surface area contributed by atoms with E-state index in [1.54, 1.807) is 6.11 Å². The molecule has 0 bridgehead atoms. The molecule has 5 aromatic rings. The average Bonchev–Trinajstić information content (AvgIpc) is 3.15. The molecule has 46 heavy (non-hydrogen) atoms. The van der Waals surface area contributed by atoms with E-state index in [-0.39, 0.29) is 0 Å². The molecule has 1 radical (unpaired) electrons. The lowest BCUT2D eigenvalue weighted by Crippen LogP contribution is -2.05. The van der Waals surface area contributed by atoms with Crippen LogP contribution in [0.2, 0.25) is 0 Å². The van der Waals surface area contributed by atoms with Gasteiger partial charge in [0.1, 0.15) is 17.5 Å². The molecule has 0 aliphatic carbocycles. The molecule has 1 heterocycles. The number of aliphatic hydroxyl groups is 1. The predicted molar refractivity (Wildman–Crippen MR) is 178 cm³/mol. The molecule has 0 atom stereocenters. The van der Waals surface area contributed by atoms with Gasteiger partial charge in [-0.1, -0.05) is 103 Å². The molecule has 0 fully saturated rings. The van der Waals surface area contributed by atoms with Gasteiger partial charge in [-0.05, 0) is 12.3 Å². The van der Waals surface area contributed by atoms with Crippen LogP contribution >= 0.6 is 0 Å². The Balaban J connectivity index is 0.000000405. The molecule has 0 aliphatic heterocycles. The van der Waals surface area contributed by atoms with E-state index >= 15 is 0 Å². The van der Waals surface area contributed by atoms with Crippen LogP contribution in [-0.4, -0.2) is 21.2 Å². The number of nitrogen functional groups attached to an aromatic ring is 1. The highest BCUT2D eigenvalue weighted by atomic mass is 16.2. The van der Waals surface area contributed by atoms with Crippen LogP contribution in [0.5, 0.6) is 0 Å². The molecule has 215 valence electrons. The van der Waals surface area contributed by atoms with Gasteiger partial charge >= 0.3 is 0 Å². The third-order valence-electron chi connectivity index (χ3n) is 4.76. The normalized spacial score (nSPS) is 7.17. The molecule has 0 spiro atoms. The van der Waals surface area contributed by atoms with Crippen LogP contribution in [-0.2, 0) is 4.79 Å². The molecule has 0 saturated carbocycles. The van der Waals surface area contributed by atoms with Gasteiger partial charge in [-0.15, -0.1) is 23.0 Å². The Hall–Kier alpha value is -7.93. The van der Waals surface area contributed by atoms with E-state index < -0.39 is 0 Å². The minimum Gasteiger partial charge on any atom is -0.461 e. The van der Waals surface area contributed by atoms with Gasteiger partial charge in [-0.3, -0.25) is 0 Å². The monoisotopic (exact) mass is 591 g/mol. The summed E-state index contributed by atoms with van der Waals surface area (Å²) in [5.41, 5.74) is 18.4. The van der Waals surface area contributed by atoms with Crippen molar-refractivity contribution in [2.45, 2.75) is 0 Å². The van der Waals surface area contributed by atoms with E-state index in [1.807, 2.05) is 109 Å². The number of nitrogens with one attached hydrogen (secondary N) is 1. The molecule has 6 heteroatoms. The number of aromatic nitrogens is 2. The van der Waals surface area contributed by atoms with Crippen molar-refractivity contribution in [3.05, 3.63) is 163 Å². The summed E-state index contributed by atoms with van der Waals surface area (Å²) >= 11 is 0. The van der Waals surface area contributed by atoms with Crippen molar-refractivity contribution in [2.24, 2.45) is 0 Å². The number of benzene rings is 3. The number of carbonyl (C=O) groups excluding carboxylic acids is 1. The van der Waals surface area contributed by atoms with Crippen LogP contribution in [0.25, 0.3) is 22.5 Å². The van der Waals surface area contributed by atoms with Crippen molar-refractivity contribution < 1.29 is 9.90 Å². The van der Waals surface area contributed by atoms with E-state index in [0.29, 0.717) is 22.8 Å². The Kier molecular flexibility index (Phi) is 19.5. The minimum atomic E-state index is 0.436. The third kappa shape index (κ3) is 14.6. The standard InChI is InChI=1S/C20H14N4O.C6HO.C6H6.C6.C2H2/c21-17-18(15-9-3-1-4-10-15)23-24-19(16-11-5-2-6-12-16)20(17)22-13-7-8-14-25;1-2-3-4-5-6-7;2*1-2-4-6-5-3-1;1-2/h1-6,9-12,25H,(H2,21,24)(H,22,23);1H;1-6H;;1-2H. The SMILES string of the molecule is C#C.Nc1c(-c2ccccc2)nnc(-c2ccccc2)c1NC#CC#CO.[CH]=C=C=C=C=C=O.c1c#cc#cc#1.c1ccccc1. The topological polar surface area (TPSA) is 101 Å². The van der Waals surface area contributed by atoms with Gasteiger partial charge in [-0.25, -0.2) is 4.79 Å². The maximum atomic E-state index is 9.27. The summed E-state index contributed by atoms with van der Waals surface area (Å²) in [6.07, 6.45) is 9.73. The maximum Gasteiger partial charge on any atom is 0.186 e. The highest BCUT2D eigenvalue weighted by Crippen LogP contribution is 2.35. The number of aliphatic hydroxyl groups excluding tert-OH is 1. The molecular formula is C40H23N4O2. The van der Waals surface area contributed by atoms with Crippen molar-refractivity contribution in [3.8, 4) is 59.4 Å². The molecule has 5 rings (SSSR count). The number of anilines is 2. The molecule has 0 unspecified atom stereocenters. The first-order valence-electron chi connectivity index (χ1n) is 12.8. The number of hydrogen-bond acceptors (Lipinski definition) is 6. The summed E-state index contributed by atoms with van der Waals surface area (Å²) < 4.78 is 0. The fourth-order valence-electron chi connectivity index (χ4n) is 3.00. The average molecular weight is 592 g/mol. The van der Waals surface area contributed by atoms with E-state index in [1.165, 1.54) is 5.94 Å². The molecule has 0 aliphatic rings. The van der Waals surface area contributed by atoms with Crippen molar-refractivity contribution in [2.75, 3.05) is 11.1 Å². The number of rotatable bonds is 3. The summed E-state index contributed by atoms with van der Waals surface area (Å²) in [4.78, 5) is 9.27. The van der Waals surface area contributed by atoms with Crippen LogP contribution in [0.1, 0.15) is 0 Å². The number of hydrogen-bond donors (Lipinski definition) is 3. The van der Waals surface area contributed by atoms with Crippen LogP contribution in [0.15, 0.2) is 120 Å². The Morgan fingerprint density at radius 2 is 1.09 bits per heavy atom. The number of nitrogens with zero attached hydrogens (tertiary/aromatic N) is 2. The quantitative estimate of drug-likeness (QED) is 0.104. The lowest BCUT2D eigenvalue weighted by Gasteiger charge is -2.13. The summed E-state index contributed by atoms with van der Waals surface area (Å²) in [5.74, 6) is 6.05. The molecular weight excluding hydrogens is 568 g/mol. The molecule has 4 N–H and O–H groups in total. The van der Waals surface area contributed by atoms with E-state index in [0.717, 1.165) is 11.1 Å². The highest BCUT2D eigenvalue weighted by Gasteiger charge is 2.16. The lowest BCUT2D eigenvalue weighted by atomic mass is 10.1. The van der Waals surface area contributed by atoms with Crippen LogP contribution < -0.4 is 11.1 Å². The molecule has 6 nitrogen and oxygen atoms in total. The first-order chi connectivity index (χ1) is 22.7. The molecule has 0 saturated heterocycles. The van der Waals surface area contributed by atoms with Gasteiger partial charge in [0.05, 0.1) is 11.4 Å². The largest absolute Gasteiger partial charge is 0.461 e. The Bertz CT molecular complexity index is 1800. The third-order valence-corrected chi connectivity index (χ3v) is 4.76. The number of nitrogens with two attached hydrogens (primary N) is 1. The highest BCUT2D eigenvalue weighted by molar-refractivity contribution is 5.91. The van der Waals surface area contributed by atoms with Crippen molar-refractivity contribution >= 4 is 17.3 Å². The lowest BCUT2D eigenvalue weighted by molar-refractivity contribution is 0.517. The summed E-state index contributed by atoms with van der Waals surface area (Å²) in [6, 6.07) is 48.8. The fraction of sp³-hybridized carbons (Fsp3) is 0. The van der Waals surface area contributed by atoms with E-state index in [9.17, 15) is 4.79 Å². The Morgan fingerprint density at radius 3 is 1.52 bits per heavy atom. The second-order valence-corrected chi connectivity index (χ2v) is 7.56. The first-order valence-corrected chi connectivity index (χ1v) is 12.8. The second-order valence-electron chi connectivity index (χ2n) is 7.56. The van der Waals surface area contributed by atoms with Gasteiger partial charge in [0.25, 0.3) is 0 Å². The Morgan fingerprint density at radius 1 is 0.652 bits per heavy atom. The van der Waals surface area contributed by atoms with Crippen LogP contribution in [0.3, 0.4) is 0 Å². The smallest absolute Gasteiger partial charge is 0.186 e.